The third-order valence-corrected chi connectivity index (χ3v) is 5.62. The summed E-state index contributed by atoms with van der Waals surface area (Å²) in [6, 6.07) is 5.93. The van der Waals surface area contributed by atoms with Crippen molar-refractivity contribution in [1.29, 1.82) is 0 Å². The number of hydrogen-bond donors (Lipinski definition) is 1. The van der Waals surface area contributed by atoms with Crippen molar-refractivity contribution in [3.63, 3.8) is 0 Å². The predicted molar refractivity (Wildman–Crippen MR) is 110 cm³/mol. The van der Waals surface area contributed by atoms with E-state index in [1.807, 2.05) is 37.4 Å². The van der Waals surface area contributed by atoms with Crippen LogP contribution in [-0.2, 0) is 11.3 Å². The van der Waals surface area contributed by atoms with Crippen LogP contribution in [0.2, 0.25) is 0 Å². The van der Waals surface area contributed by atoms with E-state index in [1.54, 1.807) is 0 Å². The summed E-state index contributed by atoms with van der Waals surface area (Å²) in [4.78, 5) is 19.2. The molecule has 146 valence electrons. The van der Waals surface area contributed by atoms with Crippen LogP contribution in [0.5, 0.6) is 5.75 Å². The molecule has 0 aliphatic carbocycles. The summed E-state index contributed by atoms with van der Waals surface area (Å²) in [7, 11) is 0. The molecule has 1 amide bonds. The molecule has 1 aliphatic heterocycles. The number of amides is 1. The number of thiazole rings is 1. The third-order valence-electron chi connectivity index (χ3n) is 4.82. The molecular formula is C21H29N3O2S. The first-order valence-electron chi connectivity index (χ1n) is 9.55. The molecule has 0 unspecified atom stereocenters. The number of aryl methyl sites for hydroxylation is 2. The quantitative estimate of drug-likeness (QED) is 0.805. The van der Waals surface area contributed by atoms with E-state index in [-0.39, 0.29) is 12.5 Å². The first-order valence-corrected chi connectivity index (χ1v) is 10.4. The van der Waals surface area contributed by atoms with Crippen LogP contribution in [0.3, 0.4) is 0 Å². The van der Waals surface area contributed by atoms with Crippen LogP contribution in [-0.4, -0.2) is 35.5 Å². The second kappa shape index (κ2) is 8.85. The number of likely N-dealkylation sites (tertiary alicyclic amines) is 1. The number of hydrogen-bond acceptors (Lipinski definition) is 5. The van der Waals surface area contributed by atoms with E-state index < -0.39 is 0 Å². The molecule has 2 aromatic rings. The first-order chi connectivity index (χ1) is 12.9. The zero-order valence-electron chi connectivity index (χ0n) is 16.6. The van der Waals surface area contributed by atoms with Gasteiger partial charge >= 0.3 is 0 Å². The number of carbonyl (C=O) groups excluding carboxylic acids is 1. The Bertz CT molecular complexity index is 779. The molecule has 0 saturated carbocycles. The number of nitrogens with zero attached hydrogens (tertiary/aromatic N) is 2. The molecule has 0 spiro atoms. The van der Waals surface area contributed by atoms with Crippen molar-refractivity contribution in [3.8, 4) is 5.75 Å². The maximum atomic E-state index is 12.2. The normalized spacial score (nSPS) is 20.4. The molecule has 1 saturated heterocycles. The Morgan fingerprint density at radius 2 is 2.04 bits per heavy atom. The number of benzene rings is 1. The fourth-order valence-corrected chi connectivity index (χ4v) is 4.56. The van der Waals surface area contributed by atoms with Gasteiger partial charge in [-0.3, -0.25) is 15.0 Å². The third kappa shape index (κ3) is 5.78. The Hall–Kier alpha value is -1.92. The molecule has 1 aromatic carbocycles. The lowest BCUT2D eigenvalue weighted by molar-refractivity contribution is -0.118. The fourth-order valence-electron chi connectivity index (χ4n) is 3.85. The molecule has 1 aliphatic rings. The van der Waals surface area contributed by atoms with Gasteiger partial charge in [-0.15, -0.1) is 11.3 Å². The largest absolute Gasteiger partial charge is 0.483 e. The second-order valence-electron chi connectivity index (χ2n) is 7.89. The van der Waals surface area contributed by atoms with Crippen LogP contribution in [0.1, 0.15) is 37.1 Å². The fraction of sp³-hybridized carbons (Fsp3) is 0.524. The standard InChI is InChI=1S/C21H29N3O2S/c1-14-5-6-19(17(4)8-14)26-12-20(25)23-21-22-18(13-27-21)11-24-9-15(2)7-16(3)10-24/h5-6,8,13,15-16H,7,9-12H2,1-4H3,(H,22,23,25)/t15-,16-/m1/s1. The van der Waals surface area contributed by atoms with Crippen molar-refractivity contribution < 1.29 is 9.53 Å². The molecular weight excluding hydrogens is 358 g/mol. The lowest BCUT2D eigenvalue weighted by Crippen LogP contribution is -2.38. The van der Waals surface area contributed by atoms with Gasteiger partial charge in [0.15, 0.2) is 11.7 Å². The Labute approximate surface area is 165 Å². The summed E-state index contributed by atoms with van der Waals surface area (Å²) in [5.41, 5.74) is 3.23. The van der Waals surface area contributed by atoms with Crippen LogP contribution in [0.4, 0.5) is 5.13 Å². The van der Waals surface area contributed by atoms with E-state index >= 15 is 0 Å². The van der Waals surface area contributed by atoms with Crippen molar-refractivity contribution in [2.24, 2.45) is 11.8 Å². The van der Waals surface area contributed by atoms with Gasteiger partial charge in [-0.2, -0.15) is 0 Å². The van der Waals surface area contributed by atoms with Gasteiger partial charge in [-0.05, 0) is 43.7 Å². The molecule has 1 fully saturated rings. The number of piperidine rings is 1. The predicted octanol–water partition coefficient (Wildman–Crippen LogP) is 4.26. The molecule has 1 aromatic heterocycles. The van der Waals surface area contributed by atoms with E-state index in [4.69, 9.17) is 4.74 Å². The minimum absolute atomic E-state index is 0.0139. The summed E-state index contributed by atoms with van der Waals surface area (Å²) in [6.07, 6.45) is 1.30. The van der Waals surface area contributed by atoms with Crippen LogP contribution < -0.4 is 10.1 Å². The van der Waals surface area contributed by atoms with Gasteiger partial charge in [0.1, 0.15) is 5.75 Å². The van der Waals surface area contributed by atoms with Crippen molar-refractivity contribution >= 4 is 22.4 Å². The van der Waals surface area contributed by atoms with Crippen molar-refractivity contribution in [2.45, 2.75) is 40.7 Å². The van der Waals surface area contributed by atoms with Gasteiger partial charge in [0, 0.05) is 25.0 Å². The second-order valence-corrected chi connectivity index (χ2v) is 8.75. The number of anilines is 1. The van der Waals surface area contributed by atoms with Gasteiger partial charge in [0.25, 0.3) is 5.91 Å². The topological polar surface area (TPSA) is 54.5 Å². The average Bonchev–Trinajstić information content (AvgIpc) is 3.00. The molecule has 2 atom stereocenters. The maximum absolute atomic E-state index is 12.2. The van der Waals surface area contributed by atoms with Crippen LogP contribution >= 0.6 is 11.3 Å². The summed E-state index contributed by atoms with van der Waals surface area (Å²) < 4.78 is 5.63. The number of carbonyl (C=O) groups is 1. The summed E-state index contributed by atoms with van der Waals surface area (Å²) in [5, 5.41) is 5.51. The van der Waals surface area contributed by atoms with Gasteiger partial charge < -0.3 is 4.74 Å². The number of rotatable bonds is 6. The van der Waals surface area contributed by atoms with Crippen LogP contribution in [0.15, 0.2) is 23.6 Å². The minimum Gasteiger partial charge on any atom is -0.483 e. The molecule has 5 nitrogen and oxygen atoms in total. The Kier molecular flexibility index (Phi) is 6.50. The summed E-state index contributed by atoms with van der Waals surface area (Å²) >= 11 is 1.47. The molecule has 2 heterocycles. The maximum Gasteiger partial charge on any atom is 0.264 e. The molecule has 6 heteroatoms. The van der Waals surface area contributed by atoms with E-state index in [0.717, 1.165) is 48.5 Å². The van der Waals surface area contributed by atoms with Gasteiger partial charge in [-0.25, -0.2) is 4.98 Å². The van der Waals surface area contributed by atoms with Gasteiger partial charge in [-0.1, -0.05) is 31.5 Å². The van der Waals surface area contributed by atoms with Crippen LogP contribution in [0.25, 0.3) is 0 Å². The number of nitrogens with one attached hydrogen (secondary N) is 1. The van der Waals surface area contributed by atoms with E-state index in [1.165, 1.54) is 23.3 Å². The van der Waals surface area contributed by atoms with Crippen molar-refractivity contribution in [3.05, 3.63) is 40.4 Å². The van der Waals surface area contributed by atoms with E-state index in [2.05, 4.69) is 29.0 Å². The Morgan fingerprint density at radius 1 is 1.30 bits per heavy atom. The first kappa shape index (κ1) is 19.8. The van der Waals surface area contributed by atoms with Crippen molar-refractivity contribution in [2.75, 3.05) is 25.0 Å². The molecule has 0 radical (unpaired) electrons. The van der Waals surface area contributed by atoms with Gasteiger partial charge in [0.05, 0.1) is 5.69 Å². The van der Waals surface area contributed by atoms with Gasteiger partial charge in [0.2, 0.25) is 0 Å². The van der Waals surface area contributed by atoms with E-state index in [0.29, 0.717) is 5.13 Å². The number of ether oxygens (including phenoxy) is 1. The zero-order valence-corrected chi connectivity index (χ0v) is 17.4. The summed E-state index contributed by atoms with van der Waals surface area (Å²) in [5.74, 6) is 2.02. The molecule has 1 N–H and O–H groups in total. The van der Waals surface area contributed by atoms with E-state index in [9.17, 15) is 4.79 Å². The Morgan fingerprint density at radius 3 is 2.74 bits per heavy atom. The SMILES string of the molecule is Cc1ccc(OCC(=O)Nc2nc(CN3C[C@H](C)C[C@@H](C)C3)cs2)c(C)c1. The summed E-state index contributed by atoms with van der Waals surface area (Å²) in [6.45, 7) is 11.7. The molecule has 3 rings (SSSR count). The smallest absolute Gasteiger partial charge is 0.264 e. The lowest BCUT2D eigenvalue weighted by atomic mass is 9.92. The monoisotopic (exact) mass is 387 g/mol. The highest BCUT2D eigenvalue weighted by atomic mass is 32.1. The highest BCUT2D eigenvalue weighted by molar-refractivity contribution is 7.13. The zero-order chi connectivity index (χ0) is 19.4. The minimum atomic E-state index is -0.184. The highest BCUT2D eigenvalue weighted by Crippen LogP contribution is 2.24. The Balaban J connectivity index is 1.49. The molecule has 0 bridgehead atoms. The molecule has 27 heavy (non-hydrogen) atoms. The number of aromatic nitrogens is 1. The van der Waals surface area contributed by atoms with Crippen LogP contribution in [0, 0.1) is 25.7 Å². The highest BCUT2D eigenvalue weighted by Gasteiger charge is 2.22. The van der Waals surface area contributed by atoms with Crippen molar-refractivity contribution in [1.82, 2.24) is 9.88 Å². The average molecular weight is 388 g/mol. The lowest BCUT2D eigenvalue weighted by Gasteiger charge is -2.34.